The van der Waals surface area contributed by atoms with Gasteiger partial charge in [-0.05, 0) is 49.0 Å². The SMILES string of the molecule is CC(C)C1=CC(=O)C2=C(CC[C@H]3C(C)(C)[C@@H](O)CC[C@]23C)C1=O. The molecule has 0 spiro atoms. The summed E-state index contributed by atoms with van der Waals surface area (Å²) in [6, 6.07) is 0. The second-order valence-corrected chi connectivity index (χ2v) is 8.69. The fraction of sp³-hybridized carbons (Fsp3) is 0.700. The molecule has 3 aliphatic carbocycles. The lowest BCUT2D eigenvalue weighted by molar-refractivity contribution is -0.123. The molecule has 23 heavy (non-hydrogen) atoms. The predicted octanol–water partition coefficient (Wildman–Crippen LogP) is 3.61. The van der Waals surface area contributed by atoms with E-state index in [2.05, 4.69) is 20.8 Å². The van der Waals surface area contributed by atoms with Gasteiger partial charge in [0.15, 0.2) is 11.6 Å². The number of ketones is 2. The molecule has 0 aromatic carbocycles. The molecule has 3 aliphatic rings. The highest BCUT2D eigenvalue weighted by atomic mass is 16.3. The van der Waals surface area contributed by atoms with Crippen LogP contribution >= 0.6 is 0 Å². The highest BCUT2D eigenvalue weighted by molar-refractivity contribution is 6.23. The summed E-state index contributed by atoms with van der Waals surface area (Å²) in [4.78, 5) is 25.8. The van der Waals surface area contributed by atoms with Gasteiger partial charge in [-0.1, -0.05) is 34.6 Å². The quantitative estimate of drug-likeness (QED) is 0.752. The standard InChI is InChI=1S/C20H28O3/c1-11(2)13-10-14(21)17-12(18(13)23)6-7-15-19(3,4)16(22)8-9-20(15,17)5/h10-11,15-16,22H,6-9H2,1-5H3/t15-,16-,20-/m0/s1. The third-order valence-electron chi connectivity index (χ3n) is 6.71. The normalized spacial score (nSPS) is 36.7. The van der Waals surface area contributed by atoms with E-state index in [1.54, 1.807) is 6.08 Å². The molecule has 1 saturated carbocycles. The molecule has 3 heteroatoms. The zero-order valence-corrected chi connectivity index (χ0v) is 14.9. The van der Waals surface area contributed by atoms with Crippen LogP contribution in [0.3, 0.4) is 0 Å². The van der Waals surface area contributed by atoms with Gasteiger partial charge in [-0.15, -0.1) is 0 Å². The molecule has 1 fully saturated rings. The number of allylic oxidation sites excluding steroid dienone is 4. The third kappa shape index (κ3) is 2.20. The summed E-state index contributed by atoms with van der Waals surface area (Å²) >= 11 is 0. The first-order valence-electron chi connectivity index (χ1n) is 8.83. The van der Waals surface area contributed by atoms with Crippen molar-refractivity contribution in [3.63, 3.8) is 0 Å². The van der Waals surface area contributed by atoms with E-state index >= 15 is 0 Å². The summed E-state index contributed by atoms with van der Waals surface area (Å²) in [5.74, 6) is 0.430. The number of Topliss-reactive ketones (excluding diaryl/α,β-unsaturated/α-hetero) is 1. The van der Waals surface area contributed by atoms with Crippen molar-refractivity contribution < 1.29 is 14.7 Å². The first-order valence-corrected chi connectivity index (χ1v) is 8.83. The topological polar surface area (TPSA) is 54.4 Å². The van der Waals surface area contributed by atoms with Crippen LogP contribution in [-0.2, 0) is 9.59 Å². The smallest absolute Gasteiger partial charge is 0.185 e. The van der Waals surface area contributed by atoms with Crippen LogP contribution in [0.25, 0.3) is 0 Å². The molecule has 3 atom stereocenters. The number of carbonyl (C=O) groups excluding carboxylic acids is 2. The molecule has 126 valence electrons. The van der Waals surface area contributed by atoms with E-state index in [0.29, 0.717) is 18.4 Å². The Labute approximate surface area is 138 Å². The zero-order valence-electron chi connectivity index (χ0n) is 14.9. The van der Waals surface area contributed by atoms with Gasteiger partial charge in [-0.3, -0.25) is 9.59 Å². The van der Waals surface area contributed by atoms with Gasteiger partial charge in [0, 0.05) is 22.1 Å². The Morgan fingerprint density at radius 1 is 1.17 bits per heavy atom. The van der Waals surface area contributed by atoms with Gasteiger partial charge in [-0.25, -0.2) is 0 Å². The van der Waals surface area contributed by atoms with Gasteiger partial charge >= 0.3 is 0 Å². The van der Waals surface area contributed by atoms with Gasteiger partial charge in [0.25, 0.3) is 0 Å². The van der Waals surface area contributed by atoms with Crippen molar-refractivity contribution in [3.05, 3.63) is 22.8 Å². The monoisotopic (exact) mass is 316 g/mol. The molecule has 0 radical (unpaired) electrons. The van der Waals surface area contributed by atoms with Crippen LogP contribution < -0.4 is 0 Å². The van der Waals surface area contributed by atoms with Gasteiger partial charge in [0.05, 0.1) is 6.10 Å². The summed E-state index contributed by atoms with van der Waals surface area (Å²) in [6.45, 7) is 10.3. The fourth-order valence-electron chi connectivity index (χ4n) is 5.32. The molecular weight excluding hydrogens is 288 g/mol. The van der Waals surface area contributed by atoms with Crippen molar-refractivity contribution in [2.24, 2.45) is 22.7 Å². The molecule has 0 aliphatic heterocycles. The average molecular weight is 316 g/mol. The number of carbonyl (C=O) groups is 2. The minimum absolute atomic E-state index is 0.0303. The molecule has 0 unspecified atom stereocenters. The summed E-state index contributed by atoms with van der Waals surface area (Å²) < 4.78 is 0. The fourth-order valence-corrected chi connectivity index (χ4v) is 5.32. The van der Waals surface area contributed by atoms with Gasteiger partial charge in [-0.2, -0.15) is 0 Å². The largest absolute Gasteiger partial charge is 0.393 e. The van der Waals surface area contributed by atoms with Crippen molar-refractivity contribution in [2.45, 2.75) is 66.4 Å². The molecule has 0 aromatic rings. The minimum Gasteiger partial charge on any atom is -0.393 e. The Morgan fingerprint density at radius 2 is 1.83 bits per heavy atom. The van der Waals surface area contributed by atoms with Crippen LogP contribution in [0.1, 0.15) is 60.3 Å². The van der Waals surface area contributed by atoms with Gasteiger partial charge < -0.3 is 5.11 Å². The van der Waals surface area contributed by atoms with Crippen LogP contribution in [0.2, 0.25) is 0 Å². The second kappa shape index (κ2) is 5.14. The van der Waals surface area contributed by atoms with Crippen molar-refractivity contribution in [1.29, 1.82) is 0 Å². The van der Waals surface area contributed by atoms with Gasteiger partial charge in [0.1, 0.15) is 0 Å². The number of fused-ring (bicyclic) bond motifs is 2. The number of aliphatic hydroxyl groups is 1. The van der Waals surface area contributed by atoms with E-state index in [9.17, 15) is 14.7 Å². The van der Waals surface area contributed by atoms with E-state index in [1.165, 1.54) is 0 Å². The molecule has 0 heterocycles. The summed E-state index contributed by atoms with van der Waals surface area (Å²) in [5.41, 5.74) is 1.65. The maximum atomic E-state index is 12.9. The predicted molar refractivity (Wildman–Crippen MR) is 89.8 cm³/mol. The molecular formula is C20H28O3. The molecule has 0 saturated heterocycles. The molecule has 1 N–H and O–H groups in total. The molecule has 3 rings (SSSR count). The highest BCUT2D eigenvalue weighted by Crippen LogP contribution is 2.60. The lowest BCUT2D eigenvalue weighted by Gasteiger charge is -2.56. The van der Waals surface area contributed by atoms with E-state index < -0.39 is 0 Å². The number of hydrogen-bond donors (Lipinski definition) is 1. The highest BCUT2D eigenvalue weighted by Gasteiger charge is 2.56. The molecule has 0 aromatic heterocycles. The Hall–Kier alpha value is -1.22. The van der Waals surface area contributed by atoms with E-state index in [0.717, 1.165) is 24.0 Å². The van der Waals surface area contributed by atoms with E-state index in [4.69, 9.17) is 0 Å². The average Bonchev–Trinajstić information content (AvgIpc) is 2.46. The van der Waals surface area contributed by atoms with Crippen molar-refractivity contribution in [1.82, 2.24) is 0 Å². The Kier molecular flexibility index (Phi) is 3.72. The van der Waals surface area contributed by atoms with Crippen LogP contribution in [0.4, 0.5) is 0 Å². The Morgan fingerprint density at radius 3 is 2.43 bits per heavy atom. The first-order chi connectivity index (χ1) is 10.6. The van der Waals surface area contributed by atoms with E-state index in [1.807, 2.05) is 13.8 Å². The number of rotatable bonds is 1. The zero-order chi connectivity index (χ0) is 17.2. The van der Waals surface area contributed by atoms with Gasteiger partial charge in [0.2, 0.25) is 0 Å². The Balaban J connectivity index is 2.10. The van der Waals surface area contributed by atoms with Crippen molar-refractivity contribution >= 4 is 11.6 Å². The first kappa shape index (κ1) is 16.6. The van der Waals surface area contributed by atoms with Crippen molar-refractivity contribution in [3.8, 4) is 0 Å². The maximum Gasteiger partial charge on any atom is 0.185 e. The second-order valence-electron chi connectivity index (χ2n) is 8.69. The van der Waals surface area contributed by atoms with Crippen LogP contribution in [0.5, 0.6) is 0 Å². The molecule has 0 bridgehead atoms. The van der Waals surface area contributed by atoms with Crippen LogP contribution in [-0.4, -0.2) is 22.8 Å². The summed E-state index contributed by atoms with van der Waals surface area (Å²) in [5, 5.41) is 10.4. The summed E-state index contributed by atoms with van der Waals surface area (Å²) in [7, 11) is 0. The Bertz CT molecular complexity index is 635. The van der Waals surface area contributed by atoms with Crippen LogP contribution in [0, 0.1) is 22.7 Å². The number of hydrogen-bond acceptors (Lipinski definition) is 3. The van der Waals surface area contributed by atoms with Crippen LogP contribution in [0.15, 0.2) is 22.8 Å². The van der Waals surface area contributed by atoms with Crippen molar-refractivity contribution in [2.75, 3.05) is 0 Å². The minimum atomic E-state index is -0.334. The van der Waals surface area contributed by atoms with E-state index in [-0.39, 0.29) is 40.3 Å². The maximum absolute atomic E-state index is 12.9. The number of aliphatic hydroxyl groups excluding tert-OH is 1. The third-order valence-corrected chi connectivity index (χ3v) is 6.71. The molecule has 0 amide bonds. The lowest BCUT2D eigenvalue weighted by Crippen LogP contribution is -2.53. The summed E-state index contributed by atoms with van der Waals surface area (Å²) in [6.07, 6.45) is 4.27. The lowest BCUT2D eigenvalue weighted by atomic mass is 9.48. The molecule has 3 nitrogen and oxygen atoms in total.